The van der Waals surface area contributed by atoms with Crippen LogP contribution in [0, 0.1) is 11.3 Å². The normalized spacial score (nSPS) is 27.4. The molecule has 6 aliphatic rings. The first-order valence-electron chi connectivity index (χ1n) is 17.7. The maximum absolute atomic E-state index is 14.5. The Hall–Kier alpha value is -4.52. The minimum atomic E-state index is -0.183. The van der Waals surface area contributed by atoms with Crippen molar-refractivity contribution in [3.8, 4) is 0 Å². The van der Waals surface area contributed by atoms with Crippen molar-refractivity contribution in [1.29, 1.82) is 0 Å². The number of hydrogen-bond acceptors (Lipinski definition) is 9. The highest BCUT2D eigenvalue weighted by molar-refractivity contribution is 6.04. The predicted molar refractivity (Wildman–Crippen MR) is 182 cm³/mol. The Labute approximate surface area is 283 Å². The van der Waals surface area contributed by atoms with Gasteiger partial charge >= 0.3 is 0 Å². The second-order valence-corrected chi connectivity index (χ2v) is 15.0. The SMILES string of the molecule is CCc1c(N2CCN(C(=O)c3cccc4ncoc34)[C@H]3CC[C@@H]32)c(=O)c2nn(C3=CCOCC3)nc2n1CC(=O)NC12CC(C(C)C)(C1)C2. The number of anilines is 1. The molecule has 256 valence electrons. The summed E-state index contributed by atoms with van der Waals surface area (Å²) in [5.74, 6) is 0.453. The molecule has 2 aliphatic heterocycles. The highest BCUT2D eigenvalue weighted by Gasteiger charge is 2.69. The van der Waals surface area contributed by atoms with Crippen LogP contribution in [0.5, 0.6) is 0 Å². The number of rotatable bonds is 8. The molecule has 1 aromatic carbocycles. The summed E-state index contributed by atoms with van der Waals surface area (Å²) in [5, 5.41) is 13.0. The Kier molecular flexibility index (Phi) is 6.85. The third kappa shape index (κ3) is 4.53. The standard InChI is InChI=1S/C36H42N8O5/c1-4-25-30(41-12-13-42(27-9-8-26(27)41)34(47)23-6-5-7-24-32(23)49-20-37-24)31(46)29-33(40-44(39-29)22-10-14-48-15-11-22)43(25)16-28(45)38-36-17-35(18-36,19-36)21(2)3/h5-7,10,20-21,26-27H,4,8-9,11-19H2,1-3H3,(H,38,45)/t26-,27-,35?,36?/m0/s1. The average Bonchev–Trinajstić information content (AvgIpc) is 3.72. The topological polar surface area (TPSA) is 141 Å². The number of oxazole rings is 1. The molecule has 49 heavy (non-hydrogen) atoms. The molecule has 5 heterocycles. The Morgan fingerprint density at radius 1 is 1.10 bits per heavy atom. The minimum Gasteiger partial charge on any atom is -0.443 e. The zero-order valence-electron chi connectivity index (χ0n) is 28.3. The van der Waals surface area contributed by atoms with E-state index < -0.39 is 0 Å². The zero-order valence-corrected chi connectivity index (χ0v) is 28.3. The third-order valence-corrected chi connectivity index (χ3v) is 12.1. The number of carbonyl (C=O) groups excluding carboxylic acids is 2. The molecule has 4 saturated carbocycles. The smallest absolute Gasteiger partial charge is 0.258 e. The Morgan fingerprint density at radius 2 is 1.92 bits per heavy atom. The maximum Gasteiger partial charge on any atom is 0.258 e. The zero-order chi connectivity index (χ0) is 33.7. The van der Waals surface area contributed by atoms with Gasteiger partial charge in [0.15, 0.2) is 23.1 Å². The van der Waals surface area contributed by atoms with Crippen LogP contribution in [-0.2, 0) is 22.5 Å². The van der Waals surface area contributed by atoms with Crippen LogP contribution in [0.4, 0.5) is 5.69 Å². The van der Waals surface area contributed by atoms with Crippen LogP contribution in [0.1, 0.15) is 75.3 Å². The maximum atomic E-state index is 14.5. The number of ether oxygens (including phenoxy) is 1. The molecule has 13 heteroatoms. The van der Waals surface area contributed by atoms with E-state index in [0.717, 1.165) is 43.5 Å². The summed E-state index contributed by atoms with van der Waals surface area (Å²) in [6.45, 7) is 8.56. The number of pyridine rings is 1. The first-order valence-corrected chi connectivity index (χ1v) is 17.7. The molecule has 0 radical (unpaired) electrons. The van der Waals surface area contributed by atoms with E-state index in [1.807, 2.05) is 34.6 Å². The van der Waals surface area contributed by atoms with Crippen molar-refractivity contribution in [2.24, 2.45) is 11.3 Å². The van der Waals surface area contributed by atoms with E-state index in [-0.39, 0.29) is 46.9 Å². The molecule has 2 atom stereocenters. The molecule has 10 rings (SSSR count). The quantitative estimate of drug-likeness (QED) is 0.298. The largest absolute Gasteiger partial charge is 0.443 e. The van der Waals surface area contributed by atoms with Gasteiger partial charge in [-0.15, -0.1) is 10.2 Å². The van der Waals surface area contributed by atoms with Gasteiger partial charge in [-0.25, -0.2) is 4.98 Å². The van der Waals surface area contributed by atoms with E-state index in [2.05, 4.69) is 29.0 Å². The number of benzene rings is 1. The van der Waals surface area contributed by atoms with Crippen molar-refractivity contribution in [3.05, 3.63) is 52.1 Å². The fourth-order valence-electron chi connectivity index (χ4n) is 9.35. The minimum absolute atomic E-state index is 0.0365. The van der Waals surface area contributed by atoms with Gasteiger partial charge in [0.25, 0.3) is 5.91 Å². The highest BCUT2D eigenvalue weighted by Crippen LogP contribution is 2.70. The third-order valence-electron chi connectivity index (χ3n) is 12.1. The Bertz CT molecular complexity index is 2090. The molecule has 1 saturated heterocycles. The summed E-state index contributed by atoms with van der Waals surface area (Å²) in [6.07, 6.45) is 9.23. The van der Waals surface area contributed by atoms with Crippen molar-refractivity contribution in [1.82, 2.24) is 34.8 Å². The first kappa shape index (κ1) is 30.5. The second-order valence-electron chi connectivity index (χ2n) is 15.0. The number of amides is 2. The van der Waals surface area contributed by atoms with Gasteiger partial charge in [0.05, 0.1) is 30.5 Å². The second kappa shape index (κ2) is 11.0. The number of nitrogens with one attached hydrogen (secondary N) is 1. The van der Waals surface area contributed by atoms with Crippen LogP contribution in [0.3, 0.4) is 0 Å². The van der Waals surface area contributed by atoms with Gasteiger partial charge < -0.3 is 28.8 Å². The lowest BCUT2D eigenvalue weighted by Gasteiger charge is -2.72. The fourth-order valence-corrected chi connectivity index (χ4v) is 9.35. The number of aromatic nitrogens is 5. The molecule has 2 amide bonds. The van der Waals surface area contributed by atoms with Gasteiger partial charge in [-0.1, -0.05) is 26.8 Å². The summed E-state index contributed by atoms with van der Waals surface area (Å²) in [7, 11) is 0. The predicted octanol–water partition coefficient (Wildman–Crippen LogP) is 3.75. The Balaban J connectivity index is 1.07. The highest BCUT2D eigenvalue weighted by atomic mass is 16.5. The molecule has 5 fully saturated rings. The lowest BCUT2D eigenvalue weighted by atomic mass is 9.36. The molecule has 0 unspecified atom stereocenters. The number of nitrogens with zero attached hydrogens (tertiary/aromatic N) is 7. The Morgan fingerprint density at radius 3 is 2.63 bits per heavy atom. The first-order chi connectivity index (χ1) is 23.7. The van der Waals surface area contributed by atoms with E-state index in [1.54, 1.807) is 10.9 Å². The van der Waals surface area contributed by atoms with Gasteiger partial charge in [-0.05, 0) is 68.1 Å². The van der Waals surface area contributed by atoms with E-state index in [9.17, 15) is 14.4 Å². The average molecular weight is 667 g/mol. The molecule has 13 nitrogen and oxygen atoms in total. The summed E-state index contributed by atoms with van der Waals surface area (Å²) in [5.41, 5.74) is 4.60. The van der Waals surface area contributed by atoms with Crippen LogP contribution in [0.25, 0.3) is 28.0 Å². The molecule has 1 N–H and O–H groups in total. The molecular weight excluding hydrogens is 624 g/mol. The fraction of sp³-hybridized carbons (Fsp3) is 0.556. The lowest BCUT2D eigenvalue weighted by molar-refractivity contribution is -0.187. The van der Waals surface area contributed by atoms with Crippen molar-refractivity contribution >= 4 is 45.5 Å². The molecule has 0 spiro atoms. The van der Waals surface area contributed by atoms with Crippen molar-refractivity contribution in [3.63, 3.8) is 0 Å². The van der Waals surface area contributed by atoms with Gasteiger partial charge in [0.1, 0.15) is 17.7 Å². The number of para-hydroxylation sites is 1. The van der Waals surface area contributed by atoms with Crippen molar-refractivity contribution in [2.75, 3.05) is 31.2 Å². The molecule has 4 aliphatic carbocycles. The molecular formula is C36H42N8O5. The molecule has 2 bridgehead atoms. The van der Waals surface area contributed by atoms with Crippen molar-refractivity contribution < 1.29 is 18.7 Å². The van der Waals surface area contributed by atoms with Gasteiger partial charge in [0, 0.05) is 36.8 Å². The van der Waals surface area contributed by atoms with Crippen LogP contribution in [0.15, 0.2) is 39.9 Å². The molecule has 4 aromatic rings. The van der Waals surface area contributed by atoms with E-state index >= 15 is 0 Å². The van der Waals surface area contributed by atoms with E-state index in [0.29, 0.717) is 78.5 Å². The van der Waals surface area contributed by atoms with Crippen LogP contribution in [0.2, 0.25) is 0 Å². The summed E-state index contributed by atoms with van der Waals surface area (Å²) < 4.78 is 13.0. The van der Waals surface area contributed by atoms with Gasteiger partial charge in [-0.2, -0.15) is 4.80 Å². The van der Waals surface area contributed by atoms with Gasteiger partial charge in [0.2, 0.25) is 11.3 Å². The molecule has 3 aromatic heterocycles. The van der Waals surface area contributed by atoms with Crippen molar-refractivity contribution in [2.45, 2.75) is 89.9 Å². The van der Waals surface area contributed by atoms with Crippen LogP contribution in [-0.4, -0.2) is 85.2 Å². The van der Waals surface area contributed by atoms with E-state index in [4.69, 9.17) is 19.4 Å². The summed E-state index contributed by atoms with van der Waals surface area (Å²) >= 11 is 0. The van der Waals surface area contributed by atoms with E-state index in [1.165, 1.54) is 6.39 Å². The van der Waals surface area contributed by atoms with Crippen LogP contribution >= 0.6 is 0 Å². The van der Waals surface area contributed by atoms with Crippen LogP contribution < -0.4 is 15.6 Å². The van der Waals surface area contributed by atoms with Gasteiger partial charge in [-0.3, -0.25) is 14.4 Å². The summed E-state index contributed by atoms with van der Waals surface area (Å²) in [6, 6.07) is 5.35. The number of fused-ring (bicyclic) bond motifs is 3. The number of hydrogen-bond donors (Lipinski definition) is 1. The monoisotopic (exact) mass is 666 g/mol. The summed E-state index contributed by atoms with van der Waals surface area (Å²) in [4.78, 5) is 52.2. The lowest BCUT2D eigenvalue weighted by Crippen LogP contribution is -2.76. The number of piperazine rings is 1. The number of carbonyl (C=O) groups is 2.